The van der Waals surface area contributed by atoms with Gasteiger partial charge in [-0.25, -0.2) is 0 Å². The Labute approximate surface area is 157 Å². The van der Waals surface area contributed by atoms with E-state index in [1.807, 2.05) is 73.7 Å². The van der Waals surface area contributed by atoms with Crippen LogP contribution >= 0.6 is 23.2 Å². The van der Waals surface area contributed by atoms with E-state index in [0.717, 1.165) is 28.1 Å². The van der Waals surface area contributed by atoms with Crippen LogP contribution in [0.2, 0.25) is 10.0 Å². The Morgan fingerprint density at radius 3 is 2.56 bits per heavy atom. The van der Waals surface area contributed by atoms with Crippen molar-refractivity contribution in [2.24, 2.45) is 4.99 Å². The third-order valence-corrected chi connectivity index (χ3v) is 4.19. The molecule has 2 nitrogen and oxygen atoms in total. The Morgan fingerprint density at radius 1 is 0.920 bits per heavy atom. The van der Waals surface area contributed by atoms with Crippen LogP contribution in [0.3, 0.4) is 0 Å². The van der Waals surface area contributed by atoms with Crippen LogP contribution in [0.4, 0.5) is 5.69 Å². The van der Waals surface area contributed by atoms with Gasteiger partial charge in [0.1, 0.15) is 12.4 Å². The van der Waals surface area contributed by atoms with Crippen molar-refractivity contribution < 1.29 is 4.74 Å². The van der Waals surface area contributed by atoms with E-state index in [1.54, 1.807) is 6.21 Å². The molecule has 0 fully saturated rings. The topological polar surface area (TPSA) is 21.6 Å². The van der Waals surface area contributed by atoms with Gasteiger partial charge in [-0.3, -0.25) is 4.99 Å². The molecule has 0 atom stereocenters. The number of aryl methyl sites for hydroxylation is 1. The highest BCUT2D eigenvalue weighted by atomic mass is 35.5. The number of hydrogen-bond donors (Lipinski definition) is 0. The summed E-state index contributed by atoms with van der Waals surface area (Å²) in [4.78, 5) is 4.56. The molecule has 25 heavy (non-hydrogen) atoms. The zero-order valence-electron chi connectivity index (χ0n) is 13.7. The van der Waals surface area contributed by atoms with Crippen LogP contribution in [-0.2, 0) is 6.61 Å². The lowest BCUT2D eigenvalue weighted by Gasteiger charge is -2.09. The van der Waals surface area contributed by atoms with Crippen molar-refractivity contribution in [1.82, 2.24) is 0 Å². The summed E-state index contributed by atoms with van der Waals surface area (Å²) in [6.45, 7) is 2.45. The fourth-order valence-electron chi connectivity index (χ4n) is 2.37. The van der Waals surface area contributed by atoms with Crippen molar-refractivity contribution >= 4 is 35.1 Å². The van der Waals surface area contributed by atoms with E-state index >= 15 is 0 Å². The molecular weight excluding hydrogens is 353 g/mol. The van der Waals surface area contributed by atoms with Crippen molar-refractivity contribution in [2.45, 2.75) is 13.5 Å². The molecule has 0 unspecified atom stereocenters. The minimum Gasteiger partial charge on any atom is -0.488 e. The first-order chi connectivity index (χ1) is 12.1. The first-order valence-electron chi connectivity index (χ1n) is 7.88. The molecule has 0 saturated carbocycles. The molecule has 0 N–H and O–H groups in total. The second-order valence-corrected chi connectivity index (χ2v) is 6.52. The molecular formula is C21H17Cl2NO. The fraction of sp³-hybridized carbons (Fsp3) is 0.0952. The maximum atomic E-state index is 6.05. The molecule has 0 radical (unpaired) electrons. The van der Waals surface area contributed by atoms with Crippen molar-refractivity contribution in [3.63, 3.8) is 0 Å². The summed E-state index contributed by atoms with van der Waals surface area (Å²) in [7, 11) is 0. The van der Waals surface area contributed by atoms with Crippen LogP contribution in [0, 0.1) is 6.92 Å². The SMILES string of the molecule is Cc1ccc(Cl)cc1N=Cc1ccccc1OCc1cccc(Cl)c1. The molecule has 0 aromatic heterocycles. The van der Waals surface area contributed by atoms with Gasteiger partial charge < -0.3 is 4.74 Å². The Balaban J connectivity index is 1.79. The zero-order chi connectivity index (χ0) is 17.6. The Kier molecular flexibility index (Phi) is 5.75. The van der Waals surface area contributed by atoms with Crippen LogP contribution in [0.1, 0.15) is 16.7 Å². The fourth-order valence-corrected chi connectivity index (χ4v) is 2.75. The summed E-state index contributed by atoms with van der Waals surface area (Å²) in [6.07, 6.45) is 1.80. The van der Waals surface area contributed by atoms with Gasteiger partial charge in [-0.2, -0.15) is 0 Å². The summed E-state index contributed by atoms with van der Waals surface area (Å²) in [5.41, 5.74) is 3.84. The van der Waals surface area contributed by atoms with Crippen LogP contribution < -0.4 is 4.74 Å². The maximum Gasteiger partial charge on any atom is 0.128 e. The number of nitrogens with zero attached hydrogens (tertiary/aromatic N) is 1. The van der Waals surface area contributed by atoms with Gasteiger partial charge in [0, 0.05) is 21.8 Å². The predicted molar refractivity (Wildman–Crippen MR) is 106 cm³/mol. The van der Waals surface area contributed by atoms with Gasteiger partial charge in [-0.15, -0.1) is 0 Å². The van der Waals surface area contributed by atoms with Gasteiger partial charge in [0.25, 0.3) is 0 Å². The molecule has 4 heteroatoms. The number of hydrogen-bond acceptors (Lipinski definition) is 2. The molecule has 0 aliphatic carbocycles. The quantitative estimate of drug-likeness (QED) is 0.462. The average molecular weight is 370 g/mol. The third-order valence-electron chi connectivity index (χ3n) is 3.72. The lowest BCUT2D eigenvalue weighted by atomic mass is 10.2. The normalized spacial score (nSPS) is 11.0. The molecule has 0 saturated heterocycles. The standard InChI is InChI=1S/C21H17Cl2NO/c1-15-9-10-19(23)12-20(15)24-13-17-6-2-3-8-21(17)25-14-16-5-4-7-18(22)11-16/h2-13H,14H2,1H3. The first kappa shape index (κ1) is 17.5. The smallest absolute Gasteiger partial charge is 0.128 e. The van der Waals surface area contributed by atoms with E-state index in [-0.39, 0.29) is 0 Å². The number of ether oxygens (including phenoxy) is 1. The zero-order valence-corrected chi connectivity index (χ0v) is 15.3. The van der Waals surface area contributed by atoms with Crippen LogP contribution in [-0.4, -0.2) is 6.21 Å². The van der Waals surface area contributed by atoms with Gasteiger partial charge >= 0.3 is 0 Å². The average Bonchev–Trinajstić information content (AvgIpc) is 2.61. The molecule has 0 heterocycles. The minimum atomic E-state index is 0.446. The van der Waals surface area contributed by atoms with Crippen molar-refractivity contribution in [1.29, 1.82) is 0 Å². The van der Waals surface area contributed by atoms with Crippen LogP contribution in [0.15, 0.2) is 71.7 Å². The summed E-state index contributed by atoms with van der Waals surface area (Å²) in [6, 6.07) is 21.1. The molecule has 0 aliphatic rings. The second-order valence-electron chi connectivity index (χ2n) is 5.65. The van der Waals surface area contributed by atoms with E-state index in [0.29, 0.717) is 16.7 Å². The number of aliphatic imine (C=N–C) groups is 1. The molecule has 126 valence electrons. The lowest BCUT2D eigenvalue weighted by Crippen LogP contribution is -1.98. The van der Waals surface area contributed by atoms with Gasteiger partial charge in [-0.1, -0.05) is 53.5 Å². The summed E-state index contributed by atoms with van der Waals surface area (Å²) < 4.78 is 5.94. The molecule has 0 amide bonds. The highest BCUT2D eigenvalue weighted by Gasteiger charge is 2.03. The summed E-state index contributed by atoms with van der Waals surface area (Å²) >= 11 is 12.1. The summed E-state index contributed by atoms with van der Waals surface area (Å²) in [5.74, 6) is 0.769. The van der Waals surface area contributed by atoms with Crippen molar-refractivity contribution in [2.75, 3.05) is 0 Å². The van der Waals surface area contributed by atoms with Gasteiger partial charge in [0.05, 0.1) is 5.69 Å². The first-order valence-corrected chi connectivity index (χ1v) is 8.64. The molecule has 0 aliphatic heterocycles. The molecule has 0 bridgehead atoms. The monoisotopic (exact) mass is 369 g/mol. The predicted octanol–water partition coefficient (Wildman–Crippen LogP) is 6.63. The molecule has 3 aromatic rings. The lowest BCUT2D eigenvalue weighted by molar-refractivity contribution is 0.306. The Bertz CT molecular complexity index is 906. The number of para-hydroxylation sites is 1. The number of halogens is 2. The summed E-state index contributed by atoms with van der Waals surface area (Å²) in [5, 5.41) is 1.37. The van der Waals surface area contributed by atoms with E-state index in [2.05, 4.69) is 4.99 Å². The van der Waals surface area contributed by atoms with Gasteiger partial charge in [-0.05, 0) is 54.4 Å². The molecule has 3 aromatic carbocycles. The van der Waals surface area contributed by atoms with Crippen molar-refractivity contribution in [3.8, 4) is 5.75 Å². The van der Waals surface area contributed by atoms with E-state index < -0.39 is 0 Å². The number of benzene rings is 3. The molecule has 0 spiro atoms. The van der Waals surface area contributed by atoms with Crippen LogP contribution in [0.25, 0.3) is 0 Å². The van der Waals surface area contributed by atoms with Gasteiger partial charge in [0.15, 0.2) is 0 Å². The largest absolute Gasteiger partial charge is 0.488 e. The highest BCUT2D eigenvalue weighted by molar-refractivity contribution is 6.31. The highest BCUT2D eigenvalue weighted by Crippen LogP contribution is 2.24. The van der Waals surface area contributed by atoms with E-state index in [4.69, 9.17) is 27.9 Å². The van der Waals surface area contributed by atoms with Gasteiger partial charge in [0.2, 0.25) is 0 Å². The van der Waals surface area contributed by atoms with E-state index in [9.17, 15) is 0 Å². The minimum absolute atomic E-state index is 0.446. The Hall–Kier alpha value is -2.29. The number of rotatable bonds is 5. The van der Waals surface area contributed by atoms with Crippen molar-refractivity contribution in [3.05, 3.63) is 93.5 Å². The molecule has 3 rings (SSSR count). The Morgan fingerprint density at radius 2 is 1.72 bits per heavy atom. The third kappa shape index (κ3) is 4.85. The maximum absolute atomic E-state index is 6.05. The van der Waals surface area contributed by atoms with Crippen LogP contribution in [0.5, 0.6) is 5.75 Å². The van der Waals surface area contributed by atoms with E-state index in [1.165, 1.54) is 0 Å². The second kappa shape index (κ2) is 8.19.